The number of hydrogen-bond donors (Lipinski definition) is 0. The maximum atomic E-state index is 12.8. The van der Waals surface area contributed by atoms with Gasteiger partial charge in [-0.3, -0.25) is 14.2 Å². The van der Waals surface area contributed by atoms with Crippen molar-refractivity contribution in [2.45, 2.75) is 213 Å². The van der Waals surface area contributed by atoms with Gasteiger partial charge in [-0.25, -0.2) is 0 Å². The Balaban J connectivity index is 4.27. The fourth-order valence-corrected chi connectivity index (χ4v) is 8.00. The zero-order valence-corrected chi connectivity index (χ0v) is 48.4. The van der Waals surface area contributed by atoms with Gasteiger partial charge >= 0.3 is 11.9 Å². The molecule has 0 aliphatic rings. The van der Waals surface area contributed by atoms with Gasteiger partial charge in [0.25, 0.3) is 7.82 Å². The third kappa shape index (κ3) is 57.4. The molecule has 0 aromatic carbocycles. The summed E-state index contributed by atoms with van der Waals surface area (Å²) < 4.78 is 34.1. The van der Waals surface area contributed by atoms with Crippen LogP contribution in [0.15, 0.2) is 134 Å². The topological polar surface area (TPSA) is 111 Å². The second kappa shape index (κ2) is 54.0. The van der Waals surface area contributed by atoms with Gasteiger partial charge in [0.1, 0.15) is 19.8 Å². The lowest BCUT2D eigenvalue weighted by Gasteiger charge is -2.28. The minimum absolute atomic E-state index is 0.0430. The van der Waals surface area contributed by atoms with E-state index in [4.69, 9.17) is 18.5 Å². The molecule has 0 bridgehead atoms. The first-order chi connectivity index (χ1) is 36.0. The molecule has 0 aliphatic heterocycles. The highest BCUT2D eigenvalue weighted by Gasteiger charge is 2.21. The first-order valence-electron chi connectivity index (χ1n) is 28.9. The molecule has 10 heteroatoms. The van der Waals surface area contributed by atoms with Crippen LogP contribution in [0, 0.1) is 0 Å². The number of ether oxygens (including phenoxy) is 2. The Bertz CT molecular complexity index is 1710. The van der Waals surface area contributed by atoms with Crippen LogP contribution >= 0.6 is 7.82 Å². The van der Waals surface area contributed by atoms with Gasteiger partial charge < -0.3 is 27.9 Å². The monoisotopic (exact) mass is 1050 g/mol. The average molecular weight is 1050 g/mol. The van der Waals surface area contributed by atoms with Crippen LogP contribution in [0.1, 0.15) is 206 Å². The largest absolute Gasteiger partial charge is 0.756 e. The van der Waals surface area contributed by atoms with Crippen LogP contribution in [0.25, 0.3) is 0 Å². The Morgan fingerprint density at radius 1 is 0.419 bits per heavy atom. The lowest BCUT2D eigenvalue weighted by molar-refractivity contribution is -0.870. The number of phosphoric ester groups is 1. The molecule has 0 radical (unpaired) electrons. The first kappa shape index (κ1) is 70.1. The Kier molecular flexibility index (Phi) is 51.2. The van der Waals surface area contributed by atoms with Gasteiger partial charge in [0.05, 0.1) is 27.7 Å². The SMILES string of the molecule is CC/C=C\C/C=C\C/C=C\C/C=C\C/C=C\C/C=C\CCCCCCCCC(=O)OC(COC(=O)CCCCCCCCCCC/C=C\C/C=C\C/C=C\C/C=C\C/C=C\CC)COP(=O)([O-])OCC[N+](C)(C)C. The number of nitrogens with zero attached hydrogens (tertiary/aromatic N) is 1. The average Bonchev–Trinajstić information content (AvgIpc) is 3.36. The molecule has 0 saturated heterocycles. The van der Waals surface area contributed by atoms with E-state index in [1.54, 1.807) is 0 Å². The molecule has 2 unspecified atom stereocenters. The minimum atomic E-state index is -4.65. The molecule has 0 aromatic heterocycles. The normalized spacial score (nSPS) is 14.3. The van der Waals surface area contributed by atoms with Crippen molar-refractivity contribution in [3.63, 3.8) is 0 Å². The van der Waals surface area contributed by atoms with Gasteiger partial charge in [-0.2, -0.15) is 0 Å². The number of quaternary nitrogens is 1. The summed E-state index contributed by atoms with van der Waals surface area (Å²) in [5, 5.41) is 0. The summed E-state index contributed by atoms with van der Waals surface area (Å²) >= 11 is 0. The summed E-state index contributed by atoms with van der Waals surface area (Å²) in [5.74, 6) is -0.867. The van der Waals surface area contributed by atoms with E-state index >= 15 is 0 Å². The molecule has 2 atom stereocenters. The lowest BCUT2D eigenvalue weighted by Crippen LogP contribution is -2.37. The molecule has 0 aliphatic carbocycles. The molecule has 0 saturated carbocycles. The fourth-order valence-electron chi connectivity index (χ4n) is 7.27. The Hall–Kier alpha value is -3.85. The number of carbonyl (C=O) groups is 2. The van der Waals surface area contributed by atoms with E-state index in [0.29, 0.717) is 23.9 Å². The predicted octanol–water partition coefficient (Wildman–Crippen LogP) is 17.5. The number of phosphoric acid groups is 1. The van der Waals surface area contributed by atoms with Gasteiger partial charge in [-0.15, -0.1) is 0 Å². The fraction of sp³-hybridized carbons (Fsp3) is 0.625. The van der Waals surface area contributed by atoms with Gasteiger partial charge in [-0.05, 0) is 109 Å². The number of unbranched alkanes of at least 4 members (excludes halogenated alkanes) is 15. The molecule has 0 amide bonds. The maximum Gasteiger partial charge on any atom is 0.306 e. The van der Waals surface area contributed by atoms with E-state index < -0.39 is 32.5 Å². The summed E-state index contributed by atoms with van der Waals surface area (Å²) in [6.45, 7) is 3.97. The smallest absolute Gasteiger partial charge is 0.306 e. The molecular weight excluding hydrogens is 942 g/mol. The van der Waals surface area contributed by atoms with Gasteiger partial charge in [-0.1, -0.05) is 218 Å². The summed E-state index contributed by atoms with van der Waals surface area (Å²) in [4.78, 5) is 37.9. The van der Waals surface area contributed by atoms with E-state index in [-0.39, 0.29) is 26.1 Å². The quantitative estimate of drug-likeness (QED) is 0.0195. The van der Waals surface area contributed by atoms with E-state index in [9.17, 15) is 19.0 Å². The number of likely N-dealkylation sites (N-methyl/N-ethyl adjacent to an activating group) is 1. The molecular formula is C64H106NO8P. The van der Waals surface area contributed by atoms with Crippen LogP contribution in [-0.2, 0) is 32.7 Å². The standard InChI is InChI=1S/C64H106NO8P/c1-6-8-10-12-14-16-18-20-22-24-26-28-30-32-34-36-38-40-42-44-46-48-50-52-54-56-63(66)70-60-62(61-72-74(68,69)71-59-58-65(3,4)5)73-64(67)57-55-53-51-49-47-45-43-41-39-37-35-33-31-29-27-25-23-21-19-17-15-13-11-9-7-2/h8-11,14-17,20-23,26-29,32-35,39,41,62H,6-7,12-13,18-19,24-25,30-31,36-38,40,42-61H2,1-5H3/b10-8-,11-9-,16-14-,17-15-,22-20-,23-21-,28-26-,29-27-,34-32-,35-33-,41-39-. The van der Waals surface area contributed by atoms with Crippen molar-refractivity contribution in [3.8, 4) is 0 Å². The predicted molar refractivity (Wildman–Crippen MR) is 314 cm³/mol. The van der Waals surface area contributed by atoms with E-state index in [1.807, 2.05) is 21.1 Å². The Labute approximate surface area is 453 Å². The highest BCUT2D eigenvalue weighted by atomic mass is 31.2. The molecule has 74 heavy (non-hydrogen) atoms. The molecule has 9 nitrogen and oxygen atoms in total. The van der Waals surface area contributed by atoms with Gasteiger partial charge in [0.15, 0.2) is 6.10 Å². The molecule has 0 N–H and O–H groups in total. The second-order valence-corrected chi connectivity index (χ2v) is 21.3. The van der Waals surface area contributed by atoms with Crippen molar-refractivity contribution >= 4 is 19.8 Å². The van der Waals surface area contributed by atoms with Crippen LogP contribution < -0.4 is 4.89 Å². The first-order valence-corrected chi connectivity index (χ1v) is 30.4. The molecule has 420 valence electrons. The maximum absolute atomic E-state index is 12.8. The van der Waals surface area contributed by atoms with Crippen LogP contribution in [0.2, 0.25) is 0 Å². The highest BCUT2D eigenvalue weighted by molar-refractivity contribution is 7.45. The van der Waals surface area contributed by atoms with Crippen LogP contribution in [0.4, 0.5) is 0 Å². The number of rotatable bonds is 51. The van der Waals surface area contributed by atoms with Crippen LogP contribution in [-0.4, -0.2) is 70.0 Å². The van der Waals surface area contributed by atoms with E-state index in [0.717, 1.165) is 135 Å². The van der Waals surface area contributed by atoms with E-state index in [1.165, 1.54) is 32.1 Å². The van der Waals surface area contributed by atoms with Crippen molar-refractivity contribution in [1.29, 1.82) is 0 Å². The van der Waals surface area contributed by atoms with Crippen molar-refractivity contribution in [1.82, 2.24) is 0 Å². The third-order valence-electron chi connectivity index (χ3n) is 11.7. The zero-order valence-electron chi connectivity index (χ0n) is 47.5. The Morgan fingerprint density at radius 3 is 1.08 bits per heavy atom. The molecule has 0 aromatic rings. The Morgan fingerprint density at radius 2 is 0.730 bits per heavy atom. The van der Waals surface area contributed by atoms with Crippen LogP contribution in [0.5, 0.6) is 0 Å². The van der Waals surface area contributed by atoms with Crippen molar-refractivity contribution in [3.05, 3.63) is 134 Å². The molecule has 0 spiro atoms. The van der Waals surface area contributed by atoms with Crippen molar-refractivity contribution in [2.75, 3.05) is 47.5 Å². The van der Waals surface area contributed by atoms with Crippen LogP contribution in [0.3, 0.4) is 0 Å². The minimum Gasteiger partial charge on any atom is -0.756 e. The van der Waals surface area contributed by atoms with Crippen molar-refractivity contribution in [2.24, 2.45) is 0 Å². The van der Waals surface area contributed by atoms with Gasteiger partial charge in [0, 0.05) is 12.8 Å². The molecule has 0 fully saturated rings. The number of hydrogen-bond acceptors (Lipinski definition) is 8. The summed E-state index contributed by atoms with van der Waals surface area (Å²) in [6, 6.07) is 0. The van der Waals surface area contributed by atoms with Crippen molar-refractivity contribution < 1.29 is 42.1 Å². The van der Waals surface area contributed by atoms with E-state index in [2.05, 4.69) is 148 Å². The highest BCUT2D eigenvalue weighted by Crippen LogP contribution is 2.38. The number of esters is 2. The zero-order chi connectivity index (χ0) is 54.2. The number of carbonyl (C=O) groups excluding carboxylic acids is 2. The summed E-state index contributed by atoms with van der Waals surface area (Å²) in [6.07, 6.45) is 77.7. The third-order valence-corrected chi connectivity index (χ3v) is 12.6. The summed E-state index contributed by atoms with van der Waals surface area (Å²) in [5.41, 5.74) is 0. The lowest BCUT2D eigenvalue weighted by atomic mass is 10.1. The summed E-state index contributed by atoms with van der Waals surface area (Å²) in [7, 11) is 1.13. The second-order valence-electron chi connectivity index (χ2n) is 19.9. The molecule has 0 heterocycles. The van der Waals surface area contributed by atoms with Gasteiger partial charge in [0.2, 0.25) is 0 Å². The number of allylic oxidation sites excluding steroid dienone is 22. The molecule has 0 rings (SSSR count).